The van der Waals surface area contributed by atoms with E-state index in [0.29, 0.717) is 0 Å². The number of esters is 1. The molecule has 0 atom stereocenters. The van der Waals surface area contributed by atoms with E-state index in [-0.39, 0.29) is 12.6 Å². The van der Waals surface area contributed by atoms with Crippen LogP contribution in [0.25, 0.3) is 12.2 Å². The molecule has 0 fully saturated rings. The highest BCUT2D eigenvalue weighted by molar-refractivity contribution is 9.10. The maximum atomic E-state index is 11.6. The Morgan fingerprint density at radius 3 is 1.91 bits per heavy atom. The molecule has 0 aromatic heterocycles. The molecule has 0 unspecified atom stereocenters. The predicted octanol–water partition coefficient (Wildman–Crippen LogP) is 5.48. The molecule has 0 saturated heterocycles. The van der Waals surface area contributed by atoms with Gasteiger partial charge in [0.15, 0.2) is 0 Å². The van der Waals surface area contributed by atoms with Gasteiger partial charge in [-0.05, 0) is 47.5 Å². The third kappa shape index (κ3) is 6.00. The molecule has 0 spiro atoms. The summed E-state index contributed by atoms with van der Waals surface area (Å²) in [5, 5.41) is 0. The van der Waals surface area contributed by atoms with E-state index < -0.39 is 0 Å². The van der Waals surface area contributed by atoms with E-state index in [0.717, 1.165) is 20.1 Å². The zero-order chi connectivity index (χ0) is 15.8. The molecule has 2 aromatic carbocycles. The van der Waals surface area contributed by atoms with Gasteiger partial charge in [0.1, 0.15) is 6.61 Å². The zero-order valence-electron chi connectivity index (χ0n) is 11.7. The van der Waals surface area contributed by atoms with Crippen molar-refractivity contribution in [1.29, 1.82) is 0 Å². The van der Waals surface area contributed by atoms with Crippen molar-refractivity contribution in [1.82, 2.24) is 0 Å². The molecule has 0 radical (unpaired) electrons. The fraction of sp³-hybridized carbons (Fsp3) is 0.0556. The van der Waals surface area contributed by atoms with E-state index in [1.807, 2.05) is 60.7 Å². The molecule has 2 nitrogen and oxygen atoms in total. The molecular formula is C18H14Br2O2. The number of carbonyl (C=O) groups is 1. The minimum absolute atomic E-state index is 0.250. The van der Waals surface area contributed by atoms with E-state index in [4.69, 9.17) is 4.74 Å². The first-order chi connectivity index (χ1) is 10.6. The number of rotatable bonds is 5. The summed E-state index contributed by atoms with van der Waals surface area (Å²) < 4.78 is 7.14. The Labute approximate surface area is 146 Å². The number of hydrogen-bond acceptors (Lipinski definition) is 2. The standard InChI is InChI=1S/C18H14Br2O2/c19-16-8-3-14(4-9-16)2-1-13-22-18(21)12-7-15-5-10-17(20)11-6-15/h1-12H,13H2/b2-1+,12-7+. The molecule has 0 heterocycles. The molecule has 0 aliphatic carbocycles. The lowest BCUT2D eigenvalue weighted by molar-refractivity contribution is -0.136. The molecule has 22 heavy (non-hydrogen) atoms. The first kappa shape index (κ1) is 16.7. The number of ether oxygens (including phenoxy) is 1. The van der Waals surface area contributed by atoms with Crippen LogP contribution >= 0.6 is 31.9 Å². The second-order valence-electron chi connectivity index (χ2n) is 4.47. The van der Waals surface area contributed by atoms with Crippen molar-refractivity contribution in [2.24, 2.45) is 0 Å². The number of hydrogen-bond donors (Lipinski definition) is 0. The van der Waals surface area contributed by atoms with Gasteiger partial charge in [0.2, 0.25) is 0 Å². The van der Waals surface area contributed by atoms with Gasteiger partial charge in [-0.25, -0.2) is 4.79 Å². The van der Waals surface area contributed by atoms with Crippen molar-refractivity contribution in [3.8, 4) is 0 Å². The Hall–Kier alpha value is -1.65. The third-order valence-electron chi connectivity index (χ3n) is 2.78. The fourth-order valence-electron chi connectivity index (χ4n) is 1.67. The van der Waals surface area contributed by atoms with Gasteiger partial charge in [-0.1, -0.05) is 62.2 Å². The summed E-state index contributed by atoms with van der Waals surface area (Å²) in [7, 11) is 0. The summed E-state index contributed by atoms with van der Waals surface area (Å²) in [5.74, 6) is -0.358. The van der Waals surface area contributed by atoms with Crippen LogP contribution in [0.5, 0.6) is 0 Å². The SMILES string of the molecule is O=C(/C=C/c1ccc(Br)cc1)OC/C=C/c1ccc(Br)cc1. The van der Waals surface area contributed by atoms with E-state index in [9.17, 15) is 4.79 Å². The molecule has 2 aromatic rings. The summed E-state index contributed by atoms with van der Waals surface area (Å²) in [6.45, 7) is 0.250. The van der Waals surface area contributed by atoms with Crippen LogP contribution in [0.2, 0.25) is 0 Å². The molecule has 0 aliphatic heterocycles. The number of halogens is 2. The normalized spacial score (nSPS) is 11.2. The molecule has 0 bridgehead atoms. The van der Waals surface area contributed by atoms with Crippen molar-refractivity contribution in [2.75, 3.05) is 6.61 Å². The second-order valence-corrected chi connectivity index (χ2v) is 6.30. The minimum atomic E-state index is -0.358. The van der Waals surface area contributed by atoms with Gasteiger partial charge in [-0.3, -0.25) is 0 Å². The van der Waals surface area contributed by atoms with Gasteiger partial charge in [-0.15, -0.1) is 0 Å². The van der Waals surface area contributed by atoms with Crippen molar-refractivity contribution in [2.45, 2.75) is 0 Å². The van der Waals surface area contributed by atoms with Crippen LogP contribution in [-0.4, -0.2) is 12.6 Å². The van der Waals surface area contributed by atoms with Crippen molar-refractivity contribution in [3.05, 3.63) is 80.8 Å². The lowest BCUT2D eigenvalue weighted by atomic mass is 10.2. The Kier molecular flexibility index (Phi) is 6.62. The maximum absolute atomic E-state index is 11.6. The number of carbonyl (C=O) groups excluding carboxylic acids is 1. The van der Waals surface area contributed by atoms with E-state index in [1.165, 1.54) is 6.08 Å². The lowest BCUT2D eigenvalue weighted by Crippen LogP contribution is -1.99. The highest BCUT2D eigenvalue weighted by Crippen LogP contribution is 2.12. The van der Waals surface area contributed by atoms with Gasteiger partial charge >= 0.3 is 5.97 Å². The molecule has 0 amide bonds. The maximum Gasteiger partial charge on any atom is 0.331 e. The number of benzene rings is 2. The summed E-state index contributed by atoms with van der Waals surface area (Å²) in [4.78, 5) is 11.6. The van der Waals surface area contributed by atoms with Crippen molar-refractivity contribution < 1.29 is 9.53 Å². The largest absolute Gasteiger partial charge is 0.458 e. The molecule has 0 saturated carbocycles. The van der Waals surface area contributed by atoms with E-state index >= 15 is 0 Å². The Morgan fingerprint density at radius 1 is 0.864 bits per heavy atom. The second kappa shape index (κ2) is 8.71. The first-order valence-electron chi connectivity index (χ1n) is 6.66. The third-order valence-corrected chi connectivity index (χ3v) is 3.84. The van der Waals surface area contributed by atoms with E-state index in [2.05, 4.69) is 31.9 Å². The lowest BCUT2D eigenvalue weighted by Gasteiger charge is -1.98. The summed E-state index contributed by atoms with van der Waals surface area (Å²) in [6.07, 6.45) is 6.89. The van der Waals surface area contributed by atoms with Gasteiger partial charge in [0.05, 0.1) is 0 Å². The van der Waals surface area contributed by atoms with Crippen molar-refractivity contribution in [3.63, 3.8) is 0 Å². The molecule has 112 valence electrons. The topological polar surface area (TPSA) is 26.3 Å². The zero-order valence-corrected chi connectivity index (χ0v) is 14.9. The smallest absolute Gasteiger partial charge is 0.331 e. The Bertz CT molecular complexity index is 671. The molecule has 2 rings (SSSR count). The fourth-order valence-corrected chi connectivity index (χ4v) is 2.20. The quantitative estimate of drug-likeness (QED) is 0.471. The van der Waals surface area contributed by atoms with Gasteiger partial charge in [0, 0.05) is 15.0 Å². The van der Waals surface area contributed by atoms with Gasteiger partial charge in [0.25, 0.3) is 0 Å². The van der Waals surface area contributed by atoms with Gasteiger partial charge < -0.3 is 4.74 Å². The van der Waals surface area contributed by atoms with Crippen LogP contribution in [0.4, 0.5) is 0 Å². The van der Waals surface area contributed by atoms with Crippen LogP contribution in [0.15, 0.2) is 69.6 Å². The van der Waals surface area contributed by atoms with Crippen molar-refractivity contribution >= 4 is 50.0 Å². The Balaban J connectivity index is 1.77. The molecule has 4 heteroatoms. The highest BCUT2D eigenvalue weighted by Gasteiger charge is 1.95. The van der Waals surface area contributed by atoms with Crippen LogP contribution < -0.4 is 0 Å². The Morgan fingerprint density at radius 2 is 1.36 bits per heavy atom. The highest BCUT2D eigenvalue weighted by atomic mass is 79.9. The van der Waals surface area contributed by atoms with Crippen LogP contribution in [-0.2, 0) is 9.53 Å². The summed E-state index contributed by atoms with van der Waals surface area (Å²) in [5.41, 5.74) is 2.01. The minimum Gasteiger partial charge on any atom is -0.458 e. The summed E-state index contributed by atoms with van der Waals surface area (Å²) in [6, 6.07) is 15.6. The first-order valence-corrected chi connectivity index (χ1v) is 8.24. The van der Waals surface area contributed by atoms with Crippen LogP contribution in [0, 0.1) is 0 Å². The average Bonchev–Trinajstić information content (AvgIpc) is 2.53. The summed E-state index contributed by atoms with van der Waals surface area (Å²) >= 11 is 6.75. The van der Waals surface area contributed by atoms with E-state index in [1.54, 1.807) is 6.08 Å². The molecule has 0 N–H and O–H groups in total. The average molecular weight is 422 g/mol. The monoisotopic (exact) mass is 420 g/mol. The molecule has 0 aliphatic rings. The van der Waals surface area contributed by atoms with Crippen LogP contribution in [0.1, 0.15) is 11.1 Å². The predicted molar refractivity (Wildman–Crippen MR) is 97.3 cm³/mol. The van der Waals surface area contributed by atoms with Gasteiger partial charge in [-0.2, -0.15) is 0 Å². The van der Waals surface area contributed by atoms with Crippen LogP contribution in [0.3, 0.4) is 0 Å². The molecular weight excluding hydrogens is 408 g/mol.